The molecular formula is C11H10IN5O2. The van der Waals surface area contributed by atoms with Gasteiger partial charge < -0.3 is 15.8 Å². The van der Waals surface area contributed by atoms with E-state index >= 15 is 0 Å². The molecule has 0 aliphatic rings. The van der Waals surface area contributed by atoms with Crippen LogP contribution in [0.15, 0.2) is 24.3 Å². The third-order valence-corrected chi connectivity index (χ3v) is 2.77. The highest BCUT2D eigenvalue weighted by molar-refractivity contribution is 14.1. The molecule has 1 heterocycles. The van der Waals surface area contributed by atoms with Crippen LogP contribution in [0.25, 0.3) is 0 Å². The summed E-state index contributed by atoms with van der Waals surface area (Å²) >= 11 is 2.19. The van der Waals surface area contributed by atoms with E-state index in [4.69, 9.17) is 5.73 Å². The summed E-state index contributed by atoms with van der Waals surface area (Å²) in [5.74, 6) is -0.665. The van der Waals surface area contributed by atoms with Gasteiger partial charge in [0.25, 0.3) is 0 Å². The fourth-order valence-electron chi connectivity index (χ4n) is 1.33. The first kappa shape index (κ1) is 13.5. The minimum atomic E-state index is -0.667. The summed E-state index contributed by atoms with van der Waals surface area (Å²) < 4.78 is 5.59. The predicted octanol–water partition coefficient (Wildman–Crippen LogP) is 1.59. The smallest absolute Gasteiger partial charge is 0.376 e. The molecule has 3 N–H and O–H groups in total. The normalized spacial score (nSPS) is 10.0. The van der Waals surface area contributed by atoms with Crippen LogP contribution in [-0.4, -0.2) is 28.0 Å². The molecule has 0 bridgehead atoms. The summed E-state index contributed by atoms with van der Waals surface area (Å²) in [6.07, 6.45) is 0. The molecule has 98 valence electrons. The molecule has 2 rings (SSSR count). The number of rotatable bonds is 3. The molecule has 0 atom stereocenters. The predicted molar refractivity (Wildman–Crippen MR) is 78.0 cm³/mol. The Kier molecular flexibility index (Phi) is 4.10. The Hall–Kier alpha value is -1.97. The number of nitrogens with two attached hydrogens (primary N) is 1. The van der Waals surface area contributed by atoms with Gasteiger partial charge in [-0.25, -0.2) is 4.79 Å². The Labute approximate surface area is 122 Å². The number of carbonyl (C=O) groups is 1. The molecule has 0 aliphatic carbocycles. The van der Waals surface area contributed by atoms with Crippen molar-refractivity contribution in [3.63, 3.8) is 0 Å². The molecule has 2 aromatic rings. The highest BCUT2D eigenvalue weighted by Gasteiger charge is 2.12. The fourth-order valence-corrected chi connectivity index (χ4v) is 1.87. The molecular weight excluding hydrogens is 361 g/mol. The molecule has 0 unspecified atom stereocenters. The van der Waals surface area contributed by atoms with Crippen LogP contribution in [-0.2, 0) is 4.74 Å². The lowest BCUT2D eigenvalue weighted by Gasteiger charge is -2.06. The molecule has 0 saturated carbocycles. The van der Waals surface area contributed by atoms with Crippen molar-refractivity contribution in [1.29, 1.82) is 0 Å². The van der Waals surface area contributed by atoms with Crippen LogP contribution < -0.4 is 11.1 Å². The Morgan fingerprint density at radius 1 is 1.37 bits per heavy atom. The van der Waals surface area contributed by atoms with Crippen molar-refractivity contribution in [2.24, 2.45) is 0 Å². The number of halogens is 1. The van der Waals surface area contributed by atoms with Gasteiger partial charge in [0.15, 0.2) is 0 Å². The molecule has 0 radical (unpaired) electrons. The molecule has 0 spiro atoms. The average Bonchev–Trinajstić information content (AvgIpc) is 2.37. The number of aromatic nitrogens is 3. The Bertz CT molecular complexity index is 620. The van der Waals surface area contributed by atoms with Gasteiger partial charge in [-0.05, 0) is 40.8 Å². The van der Waals surface area contributed by atoms with Gasteiger partial charge in [0.05, 0.1) is 7.11 Å². The van der Waals surface area contributed by atoms with Crippen molar-refractivity contribution in [2.45, 2.75) is 0 Å². The second kappa shape index (κ2) is 5.78. The Morgan fingerprint density at radius 2 is 2.16 bits per heavy atom. The first-order valence-corrected chi connectivity index (χ1v) is 6.29. The van der Waals surface area contributed by atoms with Gasteiger partial charge in [-0.3, -0.25) is 0 Å². The highest BCUT2D eigenvalue weighted by atomic mass is 127. The van der Waals surface area contributed by atoms with Gasteiger partial charge in [-0.2, -0.15) is 15.0 Å². The first-order chi connectivity index (χ1) is 9.08. The number of hydrogen-bond acceptors (Lipinski definition) is 7. The largest absolute Gasteiger partial charge is 0.463 e. The minimum Gasteiger partial charge on any atom is -0.463 e. The van der Waals surface area contributed by atoms with E-state index in [1.165, 1.54) is 7.11 Å². The summed E-state index contributed by atoms with van der Waals surface area (Å²) in [6, 6.07) is 7.58. The van der Waals surface area contributed by atoms with Crippen molar-refractivity contribution in [3.8, 4) is 0 Å². The number of nitrogen functional groups attached to an aromatic ring is 1. The zero-order valence-corrected chi connectivity index (χ0v) is 12.1. The molecule has 8 heteroatoms. The molecule has 19 heavy (non-hydrogen) atoms. The quantitative estimate of drug-likeness (QED) is 0.624. The van der Waals surface area contributed by atoms with E-state index in [-0.39, 0.29) is 17.7 Å². The lowest BCUT2D eigenvalue weighted by atomic mass is 10.3. The number of hydrogen-bond donors (Lipinski definition) is 2. The van der Waals surface area contributed by atoms with Crippen molar-refractivity contribution in [1.82, 2.24) is 15.0 Å². The lowest BCUT2D eigenvalue weighted by molar-refractivity contribution is 0.0586. The van der Waals surface area contributed by atoms with Crippen molar-refractivity contribution in [3.05, 3.63) is 33.7 Å². The zero-order chi connectivity index (χ0) is 13.8. The summed E-state index contributed by atoms with van der Waals surface area (Å²) in [4.78, 5) is 22.9. The third-order valence-electron chi connectivity index (χ3n) is 2.10. The summed E-state index contributed by atoms with van der Waals surface area (Å²) in [5, 5.41) is 2.95. The van der Waals surface area contributed by atoms with E-state index in [0.29, 0.717) is 0 Å². The Morgan fingerprint density at radius 3 is 2.84 bits per heavy atom. The maximum absolute atomic E-state index is 11.4. The van der Waals surface area contributed by atoms with E-state index in [1.54, 1.807) is 0 Å². The average molecular weight is 371 g/mol. The summed E-state index contributed by atoms with van der Waals surface area (Å²) in [6.45, 7) is 0. The van der Waals surface area contributed by atoms with Crippen molar-refractivity contribution in [2.75, 3.05) is 18.2 Å². The van der Waals surface area contributed by atoms with Crippen LogP contribution in [0.3, 0.4) is 0 Å². The van der Waals surface area contributed by atoms with E-state index in [0.717, 1.165) is 9.26 Å². The van der Waals surface area contributed by atoms with Crippen LogP contribution in [0.1, 0.15) is 10.6 Å². The summed E-state index contributed by atoms with van der Waals surface area (Å²) in [5.41, 5.74) is 6.31. The van der Waals surface area contributed by atoms with Crippen LogP contribution in [0, 0.1) is 3.57 Å². The molecule has 1 aromatic carbocycles. The number of nitrogens with one attached hydrogen (secondary N) is 1. The number of anilines is 3. The van der Waals surface area contributed by atoms with Crippen LogP contribution >= 0.6 is 22.6 Å². The van der Waals surface area contributed by atoms with Gasteiger partial charge in [-0.15, -0.1) is 0 Å². The monoisotopic (exact) mass is 371 g/mol. The van der Waals surface area contributed by atoms with E-state index < -0.39 is 5.97 Å². The SMILES string of the molecule is COC(=O)c1nc(N)nc(Nc2cccc(I)c2)n1. The number of benzene rings is 1. The summed E-state index contributed by atoms with van der Waals surface area (Å²) in [7, 11) is 1.25. The zero-order valence-electron chi connectivity index (χ0n) is 9.92. The van der Waals surface area contributed by atoms with Crippen LogP contribution in [0.4, 0.5) is 17.6 Å². The maximum atomic E-state index is 11.4. The molecule has 0 saturated heterocycles. The molecule has 7 nitrogen and oxygen atoms in total. The number of esters is 1. The highest BCUT2D eigenvalue weighted by Crippen LogP contribution is 2.16. The fraction of sp³-hybridized carbons (Fsp3) is 0.0909. The second-order valence-electron chi connectivity index (χ2n) is 3.47. The third kappa shape index (κ3) is 3.50. The van der Waals surface area contributed by atoms with E-state index in [9.17, 15) is 4.79 Å². The van der Waals surface area contributed by atoms with Gasteiger partial charge in [0.2, 0.25) is 17.7 Å². The molecule has 1 aromatic heterocycles. The topological polar surface area (TPSA) is 103 Å². The van der Waals surface area contributed by atoms with Gasteiger partial charge in [0.1, 0.15) is 0 Å². The van der Waals surface area contributed by atoms with E-state index in [2.05, 4.69) is 47.6 Å². The van der Waals surface area contributed by atoms with Gasteiger partial charge in [0, 0.05) is 9.26 Å². The van der Waals surface area contributed by atoms with Crippen LogP contribution in [0.2, 0.25) is 0 Å². The number of carbonyl (C=O) groups excluding carboxylic acids is 1. The van der Waals surface area contributed by atoms with Crippen LogP contribution in [0.5, 0.6) is 0 Å². The first-order valence-electron chi connectivity index (χ1n) is 5.21. The second-order valence-corrected chi connectivity index (χ2v) is 4.71. The van der Waals surface area contributed by atoms with Crippen molar-refractivity contribution >= 4 is 46.1 Å². The minimum absolute atomic E-state index is 0.0523. The van der Waals surface area contributed by atoms with Gasteiger partial charge >= 0.3 is 5.97 Å². The molecule has 0 amide bonds. The van der Waals surface area contributed by atoms with Gasteiger partial charge in [-0.1, -0.05) is 6.07 Å². The maximum Gasteiger partial charge on any atom is 0.376 e. The van der Waals surface area contributed by atoms with Crippen molar-refractivity contribution < 1.29 is 9.53 Å². The number of ether oxygens (including phenoxy) is 1. The standard InChI is InChI=1S/C11H10IN5O2/c1-19-9(18)8-15-10(13)17-11(16-8)14-7-4-2-3-6(12)5-7/h2-5H,1H3,(H3,13,14,15,16,17). The number of nitrogens with zero attached hydrogens (tertiary/aromatic N) is 3. The van der Waals surface area contributed by atoms with E-state index in [1.807, 2.05) is 24.3 Å². The molecule has 0 aliphatic heterocycles. The number of methoxy groups -OCH3 is 1. The lowest BCUT2D eigenvalue weighted by Crippen LogP contribution is -2.12. The Balaban J connectivity index is 2.30. The molecule has 0 fully saturated rings.